The molecule has 0 aliphatic carbocycles. The molecule has 8 heteroatoms. The molecule has 1 heterocycles. The Bertz CT molecular complexity index is 1450. The molecule has 0 aliphatic heterocycles. The van der Waals surface area contributed by atoms with Crippen molar-refractivity contribution in [3.05, 3.63) is 88.2 Å². The Morgan fingerprint density at radius 3 is 2.47 bits per heavy atom. The van der Waals surface area contributed by atoms with E-state index in [2.05, 4.69) is 15.6 Å². The number of aromatic nitrogens is 2. The zero-order valence-electron chi connectivity index (χ0n) is 18.7. The summed E-state index contributed by atoms with van der Waals surface area (Å²) in [5.74, 6) is -0.606. The van der Waals surface area contributed by atoms with Crippen LogP contribution < -0.4 is 16.2 Å². The molecular weight excluding hydrogens is 452 g/mol. The predicted octanol–water partition coefficient (Wildman–Crippen LogP) is 5.27. The second kappa shape index (κ2) is 9.89. The highest BCUT2D eigenvalue weighted by Crippen LogP contribution is 2.27. The summed E-state index contributed by atoms with van der Waals surface area (Å²) in [4.78, 5) is 43.5. The van der Waals surface area contributed by atoms with E-state index >= 15 is 0 Å². The molecular formula is C26H23ClN4O3. The topological polar surface area (TPSA) is 93.1 Å². The fourth-order valence-electron chi connectivity index (χ4n) is 3.90. The summed E-state index contributed by atoms with van der Waals surface area (Å²) in [5.41, 5.74) is 2.32. The molecule has 1 aromatic heterocycles. The lowest BCUT2D eigenvalue weighted by Gasteiger charge is -2.21. The van der Waals surface area contributed by atoms with Gasteiger partial charge in [0.25, 0.3) is 5.56 Å². The first-order valence-corrected chi connectivity index (χ1v) is 11.2. The minimum absolute atomic E-state index is 0.150. The highest BCUT2D eigenvalue weighted by Gasteiger charge is 2.25. The van der Waals surface area contributed by atoms with Crippen LogP contribution >= 0.6 is 11.6 Å². The minimum Gasteiger partial charge on any atom is -0.326 e. The van der Waals surface area contributed by atoms with Crippen molar-refractivity contribution in [2.75, 3.05) is 10.6 Å². The Hall–Kier alpha value is -3.97. The number of fused-ring (bicyclic) bond motifs is 1. The van der Waals surface area contributed by atoms with E-state index in [1.165, 1.54) is 11.5 Å². The van der Waals surface area contributed by atoms with Crippen molar-refractivity contribution < 1.29 is 9.59 Å². The maximum Gasteiger partial charge on any atom is 0.278 e. The molecule has 0 spiro atoms. The molecule has 0 fully saturated rings. The molecule has 3 aromatic carbocycles. The van der Waals surface area contributed by atoms with Gasteiger partial charge >= 0.3 is 0 Å². The second-order valence-electron chi connectivity index (χ2n) is 7.77. The van der Waals surface area contributed by atoms with Gasteiger partial charge in [0.1, 0.15) is 11.7 Å². The Morgan fingerprint density at radius 1 is 1.00 bits per heavy atom. The van der Waals surface area contributed by atoms with Gasteiger partial charge < -0.3 is 10.6 Å². The van der Waals surface area contributed by atoms with E-state index in [1.807, 2.05) is 13.0 Å². The molecule has 2 amide bonds. The number of para-hydroxylation sites is 3. The first-order chi connectivity index (χ1) is 16.4. The van der Waals surface area contributed by atoms with E-state index in [1.54, 1.807) is 66.7 Å². The third-order valence-corrected chi connectivity index (χ3v) is 5.62. The van der Waals surface area contributed by atoms with Crippen molar-refractivity contribution in [2.45, 2.75) is 26.3 Å². The number of hydrogen-bond donors (Lipinski definition) is 2. The standard InChI is InChI=1S/C26H23ClN4O3/c1-3-22(25(33)29-18-10-8-9-17(27)15-18)31-23-14-7-6-13-21(23)30-24(26(31)34)19-11-4-5-12-20(19)28-16(2)32/h4-15,22H,3H2,1-2H3,(H,28,32)(H,29,33). The Labute approximate surface area is 201 Å². The second-order valence-corrected chi connectivity index (χ2v) is 8.21. The number of rotatable bonds is 6. The number of halogens is 1. The smallest absolute Gasteiger partial charge is 0.278 e. The average Bonchev–Trinajstić information content (AvgIpc) is 2.81. The van der Waals surface area contributed by atoms with Gasteiger partial charge in [-0.3, -0.25) is 19.0 Å². The summed E-state index contributed by atoms with van der Waals surface area (Å²) < 4.78 is 1.47. The summed E-state index contributed by atoms with van der Waals surface area (Å²) in [5, 5.41) is 6.11. The highest BCUT2D eigenvalue weighted by molar-refractivity contribution is 6.30. The first kappa shape index (κ1) is 23.2. The van der Waals surface area contributed by atoms with Crippen LogP contribution in [0.3, 0.4) is 0 Å². The lowest BCUT2D eigenvalue weighted by molar-refractivity contribution is -0.119. The molecule has 7 nitrogen and oxygen atoms in total. The SMILES string of the molecule is CCC(C(=O)Nc1cccc(Cl)c1)n1c(=O)c(-c2ccccc2NC(C)=O)nc2ccccc21. The number of amides is 2. The van der Waals surface area contributed by atoms with Crippen molar-refractivity contribution in [1.29, 1.82) is 0 Å². The summed E-state index contributed by atoms with van der Waals surface area (Å²) in [7, 11) is 0. The quantitative estimate of drug-likeness (QED) is 0.398. The predicted molar refractivity (Wildman–Crippen MR) is 135 cm³/mol. The molecule has 34 heavy (non-hydrogen) atoms. The Kier molecular flexibility index (Phi) is 6.75. The average molecular weight is 475 g/mol. The molecule has 1 atom stereocenters. The molecule has 0 aliphatic rings. The van der Waals surface area contributed by atoms with Crippen LogP contribution in [0.2, 0.25) is 5.02 Å². The third-order valence-electron chi connectivity index (χ3n) is 5.38. The molecule has 2 N–H and O–H groups in total. The number of benzene rings is 3. The van der Waals surface area contributed by atoms with Gasteiger partial charge in [0.2, 0.25) is 11.8 Å². The molecule has 4 rings (SSSR count). The van der Waals surface area contributed by atoms with Gasteiger partial charge in [0.05, 0.1) is 16.7 Å². The maximum absolute atomic E-state index is 13.8. The number of hydrogen-bond acceptors (Lipinski definition) is 4. The van der Waals surface area contributed by atoms with Crippen molar-refractivity contribution in [2.24, 2.45) is 0 Å². The van der Waals surface area contributed by atoms with E-state index in [0.29, 0.717) is 39.4 Å². The van der Waals surface area contributed by atoms with Gasteiger partial charge in [-0.15, -0.1) is 0 Å². The maximum atomic E-state index is 13.8. The van der Waals surface area contributed by atoms with Crippen LogP contribution in [0, 0.1) is 0 Å². The largest absolute Gasteiger partial charge is 0.326 e. The number of carbonyl (C=O) groups is 2. The molecule has 172 valence electrons. The van der Waals surface area contributed by atoms with Crippen LogP contribution in [0.5, 0.6) is 0 Å². The van der Waals surface area contributed by atoms with Crippen LogP contribution in [0.1, 0.15) is 26.3 Å². The van der Waals surface area contributed by atoms with Crippen molar-refractivity contribution in [3.63, 3.8) is 0 Å². The van der Waals surface area contributed by atoms with Crippen LogP contribution in [0.4, 0.5) is 11.4 Å². The van der Waals surface area contributed by atoms with E-state index in [4.69, 9.17) is 11.6 Å². The summed E-state index contributed by atoms with van der Waals surface area (Å²) in [6.45, 7) is 3.24. The monoisotopic (exact) mass is 474 g/mol. The molecule has 0 saturated heterocycles. The van der Waals surface area contributed by atoms with E-state index in [0.717, 1.165) is 0 Å². The first-order valence-electron chi connectivity index (χ1n) is 10.8. The zero-order valence-corrected chi connectivity index (χ0v) is 19.5. The summed E-state index contributed by atoms with van der Waals surface area (Å²) >= 11 is 6.06. The number of carbonyl (C=O) groups excluding carboxylic acids is 2. The molecule has 1 unspecified atom stereocenters. The van der Waals surface area contributed by atoms with Gasteiger partial charge in [-0.2, -0.15) is 0 Å². The number of nitrogens with zero attached hydrogens (tertiary/aromatic N) is 2. The molecule has 0 radical (unpaired) electrons. The lowest BCUT2D eigenvalue weighted by atomic mass is 10.1. The van der Waals surface area contributed by atoms with Crippen molar-refractivity contribution >= 4 is 45.8 Å². The zero-order chi connectivity index (χ0) is 24.2. The molecule has 4 aromatic rings. The Morgan fingerprint density at radius 2 is 1.74 bits per heavy atom. The van der Waals surface area contributed by atoms with Crippen LogP contribution in [0.15, 0.2) is 77.6 Å². The fraction of sp³-hybridized carbons (Fsp3) is 0.154. The minimum atomic E-state index is -0.800. The number of nitrogens with one attached hydrogen (secondary N) is 2. The normalized spacial score (nSPS) is 11.7. The van der Waals surface area contributed by atoms with E-state index in [-0.39, 0.29) is 17.5 Å². The molecule has 0 bridgehead atoms. The summed E-state index contributed by atoms with van der Waals surface area (Å²) in [6, 6.07) is 20.2. The van der Waals surface area contributed by atoms with Crippen LogP contribution in [-0.2, 0) is 9.59 Å². The van der Waals surface area contributed by atoms with E-state index < -0.39 is 11.6 Å². The van der Waals surface area contributed by atoms with Crippen LogP contribution in [0.25, 0.3) is 22.3 Å². The summed E-state index contributed by atoms with van der Waals surface area (Å²) in [6.07, 6.45) is 0.368. The fourth-order valence-corrected chi connectivity index (χ4v) is 4.09. The van der Waals surface area contributed by atoms with Gasteiger partial charge in [-0.25, -0.2) is 4.98 Å². The van der Waals surface area contributed by atoms with Gasteiger partial charge in [-0.05, 0) is 42.8 Å². The lowest BCUT2D eigenvalue weighted by Crippen LogP contribution is -2.34. The van der Waals surface area contributed by atoms with E-state index in [9.17, 15) is 14.4 Å². The van der Waals surface area contributed by atoms with Gasteiger partial charge in [0, 0.05) is 23.2 Å². The molecule has 0 saturated carbocycles. The highest BCUT2D eigenvalue weighted by atomic mass is 35.5. The third kappa shape index (κ3) is 4.70. The van der Waals surface area contributed by atoms with Crippen LogP contribution in [-0.4, -0.2) is 21.4 Å². The van der Waals surface area contributed by atoms with Crippen molar-refractivity contribution in [1.82, 2.24) is 9.55 Å². The Balaban J connectivity index is 1.89. The number of anilines is 2. The van der Waals surface area contributed by atoms with Gasteiger partial charge in [0.15, 0.2) is 0 Å². The van der Waals surface area contributed by atoms with Crippen molar-refractivity contribution in [3.8, 4) is 11.3 Å². The van der Waals surface area contributed by atoms with Gasteiger partial charge in [-0.1, -0.05) is 54.9 Å².